The van der Waals surface area contributed by atoms with Crippen LogP contribution in [0, 0.1) is 0 Å². The summed E-state index contributed by atoms with van der Waals surface area (Å²) in [5, 5.41) is 13.5. The fourth-order valence-corrected chi connectivity index (χ4v) is 3.19. The maximum absolute atomic E-state index is 10.4. The van der Waals surface area contributed by atoms with Gasteiger partial charge in [0.15, 0.2) is 0 Å². The van der Waals surface area contributed by atoms with Crippen LogP contribution in [0.2, 0.25) is 0 Å². The molecule has 0 radical (unpaired) electrons. The molecule has 0 aliphatic carbocycles. The first kappa shape index (κ1) is 16.2. The molecule has 0 amide bonds. The number of aromatic nitrogens is 1. The number of hydrogen-bond donors (Lipinski definition) is 1. The molecule has 21 heavy (non-hydrogen) atoms. The lowest BCUT2D eigenvalue weighted by molar-refractivity contribution is 0.178. The molecule has 0 saturated carbocycles. The molecule has 0 bridgehead atoms. The summed E-state index contributed by atoms with van der Waals surface area (Å²) in [6.07, 6.45) is 0.104. The van der Waals surface area contributed by atoms with E-state index in [-0.39, 0.29) is 5.41 Å². The summed E-state index contributed by atoms with van der Waals surface area (Å²) >= 11 is 1.64. The second kappa shape index (κ2) is 6.29. The average Bonchev–Trinajstić information content (AvgIpc) is 2.87. The Hall–Kier alpha value is -1.19. The molecule has 1 unspecified atom stereocenters. The second-order valence-electron chi connectivity index (χ2n) is 6.92. The van der Waals surface area contributed by atoms with Crippen molar-refractivity contribution in [1.29, 1.82) is 0 Å². The van der Waals surface area contributed by atoms with Crippen LogP contribution in [0.5, 0.6) is 0 Å². The Bertz CT molecular complexity index is 578. The number of thiazole rings is 1. The van der Waals surface area contributed by atoms with E-state index in [1.165, 1.54) is 5.56 Å². The molecule has 2 nitrogen and oxygen atoms in total. The van der Waals surface area contributed by atoms with Crippen LogP contribution in [0.3, 0.4) is 0 Å². The Labute approximate surface area is 131 Å². The highest BCUT2D eigenvalue weighted by Gasteiger charge is 2.19. The van der Waals surface area contributed by atoms with E-state index in [0.29, 0.717) is 12.3 Å². The summed E-state index contributed by atoms with van der Waals surface area (Å²) in [4.78, 5) is 4.65. The van der Waals surface area contributed by atoms with E-state index < -0.39 is 6.10 Å². The first-order chi connectivity index (χ1) is 9.77. The number of benzene rings is 1. The SMILES string of the molecule is CC(C)c1ccc(C(O)Cc2nc(C(C)(C)C)cs2)cc1. The highest BCUT2D eigenvalue weighted by Crippen LogP contribution is 2.27. The van der Waals surface area contributed by atoms with Crippen molar-refractivity contribution >= 4 is 11.3 Å². The first-order valence-electron chi connectivity index (χ1n) is 7.50. The predicted octanol–water partition coefficient (Wildman–Crippen LogP) is 4.84. The molecule has 1 aromatic carbocycles. The van der Waals surface area contributed by atoms with Gasteiger partial charge in [0.25, 0.3) is 0 Å². The van der Waals surface area contributed by atoms with Gasteiger partial charge in [0.1, 0.15) is 0 Å². The zero-order valence-corrected chi connectivity index (χ0v) is 14.4. The summed E-state index contributed by atoms with van der Waals surface area (Å²) in [5.41, 5.74) is 3.44. The van der Waals surface area contributed by atoms with Crippen molar-refractivity contribution in [2.24, 2.45) is 0 Å². The lowest BCUT2D eigenvalue weighted by atomic mass is 9.93. The molecule has 0 aliphatic heterocycles. The third-order valence-electron chi connectivity index (χ3n) is 3.68. The summed E-state index contributed by atoms with van der Waals surface area (Å²) < 4.78 is 0. The summed E-state index contributed by atoms with van der Waals surface area (Å²) in [5.74, 6) is 0.518. The fraction of sp³-hybridized carbons (Fsp3) is 0.500. The molecule has 0 spiro atoms. The second-order valence-corrected chi connectivity index (χ2v) is 7.86. The molecule has 1 aromatic heterocycles. The summed E-state index contributed by atoms with van der Waals surface area (Å²) in [6.45, 7) is 10.8. The van der Waals surface area contributed by atoms with Gasteiger partial charge >= 0.3 is 0 Å². The Morgan fingerprint density at radius 2 is 1.67 bits per heavy atom. The third-order valence-corrected chi connectivity index (χ3v) is 4.55. The van der Waals surface area contributed by atoms with Gasteiger partial charge in [-0.15, -0.1) is 11.3 Å². The highest BCUT2D eigenvalue weighted by atomic mass is 32.1. The van der Waals surface area contributed by atoms with E-state index in [9.17, 15) is 5.11 Å². The van der Waals surface area contributed by atoms with Crippen LogP contribution in [0.15, 0.2) is 29.6 Å². The molecule has 1 N–H and O–H groups in total. The molecule has 0 fully saturated rings. The van der Waals surface area contributed by atoms with Gasteiger partial charge in [0.05, 0.1) is 16.8 Å². The Morgan fingerprint density at radius 1 is 1.10 bits per heavy atom. The largest absolute Gasteiger partial charge is 0.388 e. The van der Waals surface area contributed by atoms with Gasteiger partial charge in [-0.3, -0.25) is 0 Å². The maximum Gasteiger partial charge on any atom is 0.0957 e. The lowest BCUT2D eigenvalue weighted by Crippen LogP contribution is -2.12. The van der Waals surface area contributed by atoms with Gasteiger partial charge in [0, 0.05) is 17.2 Å². The van der Waals surface area contributed by atoms with Gasteiger partial charge in [-0.1, -0.05) is 58.9 Å². The fourth-order valence-electron chi connectivity index (χ4n) is 2.14. The molecule has 1 atom stereocenters. The van der Waals surface area contributed by atoms with Crippen molar-refractivity contribution in [2.45, 2.75) is 58.5 Å². The lowest BCUT2D eigenvalue weighted by Gasteiger charge is -2.14. The molecule has 2 aromatic rings. The number of rotatable bonds is 4. The van der Waals surface area contributed by atoms with Crippen LogP contribution in [-0.4, -0.2) is 10.1 Å². The Balaban J connectivity index is 2.07. The maximum atomic E-state index is 10.4. The number of nitrogens with zero attached hydrogens (tertiary/aromatic N) is 1. The molecule has 0 saturated heterocycles. The van der Waals surface area contributed by atoms with E-state index in [1.54, 1.807) is 11.3 Å². The van der Waals surface area contributed by atoms with E-state index in [0.717, 1.165) is 16.3 Å². The van der Waals surface area contributed by atoms with Gasteiger partial charge in [-0.2, -0.15) is 0 Å². The quantitative estimate of drug-likeness (QED) is 0.876. The van der Waals surface area contributed by atoms with Crippen LogP contribution in [0.25, 0.3) is 0 Å². The van der Waals surface area contributed by atoms with Gasteiger partial charge in [0.2, 0.25) is 0 Å². The van der Waals surface area contributed by atoms with Crippen molar-refractivity contribution in [3.8, 4) is 0 Å². The molecular formula is C18H25NOS. The highest BCUT2D eigenvalue weighted by molar-refractivity contribution is 7.09. The van der Waals surface area contributed by atoms with Gasteiger partial charge < -0.3 is 5.11 Å². The van der Waals surface area contributed by atoms with Crippen molar-refractivity contribution in [1.82, 2.24) is 4.98 Å². The van der Waals surface area contributed by atoms with Crippen molar-refractivity contribution in [2.75, 3.05) is 0 Å². The average molecular weight is 303 g/mol. The van der Waals surface area contributed by atoms with Crippen LogP contribution in [0.1, 0.15) is 68.5 Å². The summed E-state index contributed by atoms with van der Waals surface area (Å²) in [6, 6.07) is 8.26. The molecule has 2 rings (SSSR count). The standard InChI is InChI=1S/C18H25NOS/c1-12(2)13-6-8-14(9-7-13)15(20)10-17-19-16(11-21-17)18(3,4)5/h6-9,11-12,15,20H,10H2,1-5H3. The van der Waals surface area contributed by atoms with E-state index in [4.69, 9.17) is 0 Å². The monoisotopic (exact) mass is 303 g/mol. The topological polar surface area (TPSA) is 33.1 Å². The Morgan fingerprint density at radius 3 is 2.14 bits per heavy atom. The van der Waals surface area contributed by atoms with Crippen LogP contribution in [0.4, 0.5) is 0 Å². The molecule has 0 aliphatic rings. The van der Waals surface area contributed by atoms with E-state index >= 15 is 0 Å². The Kier molecular flexibility index (Phi) is 4.84. The van der Waals surface area contributed by atoms with Crippen molar-refractivity contribution in [3.63, 3.8) is 0 Å². The molecular weight excluding hydrogens is 278 g/mol. The van der Waals surface area contributed by atoms with Crippen molar-refractivity contribution in [3.05, 3.63) is 51.5 Å². The van der Waals surface area contributed by atoms with Crippen LogP contribution >= 0.6 is 11.3 Å². The zero-order chi connectivity index (χ0) is 15.6. The first-order valence-corrected chi connectivity index (χ1v) is 8.38. The minimum Gasteiger partial charge on any atom is -0.388 e. The smallest absolute Gasteiger partial charge is 0.0957 e. The number of hydrogen-bond acceptors (Lipinski definition) is 3. The predicted molar refractivity (Wildman–Crippen MR) is 90.0 cm³/mol. The number of aliphatic hydroxyl groups is 1. The molecule has 114 valence electrons. The van der Waals surface area contributed by atoms with Crippen LogP contribution in [-0.2, 0) is 11.8 Å². The van der Waals surface area contributed by atoms with Gasteiger partial charge in [-0.25, -0.2) is 4.98 Å². The van der Waals surface area contributed by atoms with E-state index in [2.05, 4.69) is 57.1 Å². The van der Waals surface area contributed by atoms with E-state index in [1.807, 2.05) is 12.1 Å². The normalized spacial score (nSPS) is 13.7. The minimum absolute atomic E-state index is 0.0681. The van der Waals surface area contributed by atoms with Crippen LogP contribution < -0.4 is 0 Å². The number of aliphatic hydroxyl groups excluding tert-OH is 1. The molecule has 1 heterocycles. The molecule has 3 heteroatoms. The van der Waals surface area contributed by atoms with Crippen molar-refractivity contribution < 1.29 is 5.11 Å². The summed E-state index contributed by atoms with van der Waals surface area (Å²) in [7, 11) is 0. The van der Waals surface area contributed by atoms with Gasteiger partial charge in [-0.05, 0) is 17.0 Å². The zero-order valence-electron chi connectivity index (χ0n) is 13.6. The third kappa shape index (κ3) is 4.14. The minimum atomic E-state index is -0.481.